The molecule has 1 aliphatic rings. The first-order chi connectivity index (χ1) is 18.0. The highest BCUT2D eigenvalue weighted by atomic mass is 32.2. The summed E-state index contributed by atoms with van der Waals surface area (Å²) in [6, 6.07) is 13.5. The van der Waals surface area contributed by atoms with Crippen LogP contribution in [0.15, 0.2) is 57.9 Å². The topological polar surface area (TPSA) is 122 Å². The highest BCUT2D eigenvalue weighted by Crippen LogP contribution is 2.34. The molecule has 2 N–H and O–H groups in total. The third kappa shape index (κ3) is 5.75. The van der Waals surface area contributed by atoms with Gasteiger partial charge < -0.3 is 14.7 Å². The summed E-state index contributed by atoms with van der Waals surface area (Å²) in [5.41, 5.74) is 3.31. The largest absolute Gasteiger partial charge is 0.357 e. The van der Waals surface area contributed by atoms with Crippen molar-refractivity contribution in [2.75, 3.05) is 11.8 Å². The van der Waals surface area contributed by atoms with E-state index < -0.39 is 16.1 Å². The Kier molecular flexibility index (Phi) is 7.91. The first-order valence-electron chi connectivity index (χ1n) is 12.7. The first-order valence-corrected chi connectivity index (χ1v) is 14.2. The van der Waals surface area contributed by atoms with E-state index in [4.69, 9.17) is 4.52 Å². The molecule has 1 saturated carbocycles. The average molecular weight is 539 g/mol. The number of carbonyl (C=O) groups excluding carboxylic acids is 2. The second-order valence-corrected chi connectivity index (χ2v) is 11.7. The number of hydrogen-bond donors (Lipinski definition) is 2. The maximum atomic E-state index is 13.3. The minimum atomic E-state index is -3.96. The van der Waals surface area contributed by atoms with Crippen LogP contribution in [0.25, 0.3) is 11.1 Å². The number of benzene rings is 2. The average Bonchev–Trinajstić information content (AvgIpc) is 3.70. The van der Waals surface area contributed by atoms with Crippen LogP contribution in [0.2, 0.25) is 0 Å². The summed E-state index contributed by atoms with van der Waals surface area (Å²) >= 11 is 0. The number of rotatable bonds is 10. The van der Waals surface area contributed by atoms with Gasteiger partial charge in [-0.3, -0.25) is 9.59 Å². The van der Waals surface area contributed by atoms with Gasteiger partial charge in [-0.2, -0.15) is 0 Å². The number of carbonyl (C=O) groups is 2. The van der Waals surface area contributed by atoms with Crippen molar-refractivity contribution in [3.63, 3.8) is 0 Å². The Morgan fingerprint density at radius 1 is 1.08 bits per heavy atom. The Hall–Kier alpha value is -3.66. The number of hydrogen-bond acceptors (Lipinski definition) is 6. The maximum Gasteiger partial charge on any atom is 0.264 e. The van der Waals surface area contributed by atoms with Crippen molar-refractivity contribution in [2.45, 2.75) is 58.0 Å². The van der Waals surface area contributed by atoms with Gasteiger partial charge in [0.05, 0.1) is 10.6 Å². The van der Waals surface area contributed by atoms with Crippen molar-refractivity contribution in [3.8, 4) is 11.1 Å². The first kappa shape index (κ1) is 27.4. The molecule has 0 unspecified atom stereocenters. The molecule has 2 amide bonds. The van der Waals surface area contributed by atoms with E-state index >= 15 is 0 Å². The number of aryl methyl sites for hydroxylation is 1. The number of amides is 2. The molecule has 38 heavy (non-hydrogen) atoms. The van der Waals surface area contributed by atoms with Crippen LogP contribution in [0.4, 0.5) is 5.88 Å². The molecule has 202 valence electrons. The summed E-state index contributed by atoms with van der Waals surface area (Å²) < 4.78 is 34.2. The van der Waals surface area contributed by atoms with E-state index in [0.717, 1.165) is 18.4 Å². The summed E-state index contributed by atoms with van der Waals surface area (Å²) in [5, 5.41) is 6.51. The summed E-state index contributed by atoms with van der Waals surface area (Å²) in [7, 11) is -2.38. The molecule has 1 aromatic heterocycles. The maximum absolute atomic E-state index is 13.3. The number of nitrogens with zero attached hydrogens (tertiary/aromatic N) is 2. The zero-order valence-electron chi connectivity index (χ0n) is 22.3. The molecule has 3 aromatic rings. The lowest BCUT2D eigenvalue weighted by Gasteiger charge is -2.33. The molecule has 1 atom stereocenters. The zero-order chi connectivity index (χ0) is 27.6. The van der Waals surface area contributed by atoms with Crippen LogP contribution in [-0.4, -0.2) is 43.4 Å². The molecular weight excluding hydrogens is 504 g/mol. The molecule has 0 aliphatic heterocycles. The van der Waals surface area contributed by atoms with E-state index in [2.05, 4.69) is 15.2 Å². The van der Waals surface area contributed by atoms with Gasteiger partial charge in [-0.1, -0.05) is 61.5 Å². The monoisotopic (exact) mass is 538 g/mol. The minimum absolute atomic E-state index is 0.00293. The molecule has 1 fully saturated rings. The Labute approximate surface area is 223 Å². The Bertz CT molecular complexity index is 1430. The van der Waals surface area contributed by atoms with Crippen molar-refractivity contribution >= 4 is 27.7 Å². The second-order valence-electron chi connectivity index (χ2n) is 10.1. The van der Waals surface area contributed by atoms with Gasteiger partial charge in [-0.15, -0.1) is 0 Å². The van der Waals surface area contributed by atoms with E-state index in [1.54, 1.807) is 44.0 Å². The van der Waals surface area contributed by atoms with Crippen LogP contribution in [0, 0.1) is 25.7 Å². The zero-order valence-corrected chi connectivity index (χ0v) is 23.1. The quantitative estimate of drug-likeness (QED) is 0.398. The summed E-state index contributed by atoms with van der Waals surface area (Å²) in [4.78, 5) is 27.6. The van der Waals surface area contributed by atoms with Crippen molar-refractivity contribution in [3.05, 3.63) is 65.4 Å². The predicted octanol–water partition coefficient (Wildman–Crippen LogP) is 4.27. The van der Waals surface area contributed by atoms with Crippen molar-refractivity contribution in [1.29, 1.82) is 0 Å². The summed E-state index contributed by atoms with van der Waals surface area (Å²) in [6.07, 6.45) is 1.69. The molecule has 2 aromatic carbocycles. The normalized spacial score (nSPS) is 14.3. The van der Waals surface area contributed by atoms with E-state index in [1.165, 1.54) is 6.07 Å². The van der Waals surface area contributed by atoms with E-state index in [9.17, 15) is 18.0 Å². The fourth-order valence-corrected chi connectivity index (χ4v) is 5.72. The van der Waals surface area contributed by atoms with Crippen LogP contribution >= 0.6 is 0 Å². The van der Waals surface area contributed by atoms with Crippen LogP contribution in [0.3, 0.4) is 0 Å². The predicted molar refractivity (Wildman–Crippen MR) is 145 cm³/mol. The summed E-state index contributed by atoms with van der Waals surface area (Å²) in [6.45, 7) is 7.63. The third-order valence-electron chi connectivity index (χ3n) is 6.87. The number of anilines is 1. The van der Waals surface area contributed by atoms with Crippen molar-refractivity contribution in [2.24, 2.45) is 11.8 Å². The second kappa shape index (κ2) is 11.0. The molecule has 1 heterocycles. The fourth-order valence-electron chi connectivity index (χ4n) is 4.44. The molecule has 9 nitrogen and oxygen atoms in total. The van der Waals surface area contributed by atoms with Gasteiger partial charge in [0.15, 0.2) is 0 Å². The van der Waals surface area contributed by atoms with Gasteiger partial charge in [0, 0.05) is 30.6 Å². The van der Waals surface area contributed by atoms with Crippen LogP contribution < -0.4 is 10.0 Å². The van der Waals surface area contributed by atoms with Gasteiger partial charge in [0.1, 0.15) is 6.04 Å². The number of likely N-dealkylation sites (N-methyl/N-ethyl adjacent to an activating group) is 1. The smallest absolute Gasteiger partial charge is 0.264 e. The Morgan fingerprint density at radius 3 is 2.29 bits per heavy atom. The molecule has 10 heteroatoms. The van der Waals surface area contributed by atoms with E-state index in [1.807, 2.05) is 38.1 Å². The molecule has 0 radical (unpaired) electrons. The van der Waals surface area contributed by atoms with Crippen molar-refractivity contribution < 1.29 is 22.5 Å². The van der Waals surface area contributed by atoms with Gasteiger partial charge in [-0.25, -0.2) is 13.1 Å². The minimum Gasteiger partial charge on any atom is -0.357 e. The molecule has 4 rings (SSSR count). The number of sulfonamides is 1. The lowest BCUT2D eigenvalue weighted by Crippen LogP contribution is -2.51. The van der Waals surface area contributed by atoms with Crippen LogP contribution in [0.1, 0.15) is 43.5 Å². The Balaban J connectivity index is 1.61. The van der Waals surface area contributed by atoms with Gasteiger partial charge in [0.25, 0.3) is 10.0 Å². The molecule has 0 saturated heterocycles. The lowest BCUT2D eigenvalue weighted by molar-refractivity contribution is -0.143. The SMILES string of the molecule is CNC(=O)[C@H](C(C)C)N(Cc1ccc(-c2ccccc2S(=O)(=O)Nc2onc(C)c2C)cc1)C(=O)C1CC1. The van der Waals surface area contributed by atoms with Crippen LogP contribution in [0.5, 0.6) is 0 Å². The highest BCUT2D eigenvalue weighted by Gasteiger charge is 2.39. The highest BCUT2D eigenvalue weighted by molar-refractivity contribution is 7.92. The third-order valence-corrected chi connectivity index (χ3v) is 8.26. The van der Waals surface area contributed by atoms with Gasteiger partial charge in [0.2, 0.25) is 17.7 Å². The summed E-state index contributed by atoms with van der Waals surface area (Å²) in [5.74, 6) is -0.185. The van der Waals surface area contributed by atoms with E-state index in [0.29, 0.717) is 22.4 Å². The molecule has 1 aliphatic carbocycles. The van der Waals surface area contributed by atoms with Crippen molar-refractivity contribution in [1.82, 2.24) is 15.4 Å². The molecule has 0 spiro atoms. The van der Waals surface area contributed by atoms with Crippen LogP contribution in [-0.2, 0) is 26.2 Å². The van der Waals surface area contributed by atoms with E-state index in [-0.39, 0.29) is 41.0 Å². The van der Waals surface area contributed by atoms with Gasteiger partial charge >= 0.3 is 0 Å². The molecule has 0 bridgehead atoms. The Morgan fingerprint density at radius 2 is 1.74 bits per heavy atom. The number of aromatic nitrogens is 1. The molecular formula is C28H34N4O5S. The fraction of sp³-hybridized carbons (Fsp3) is 0.393. The number of nitrogens with one attached hydrogen (secondary N) is 2. The van der Waals surface area contributed by atoms with Gasteiger partial charge in [-0.05, 0) is 49.8 Å². The lowest BCUT2D eigenvalue weighted by atomic mass is 9.99. The standard InChI is InChI=1S/C28H34N4O5S/c1-17(2)25(26(33)29-5)32(28(34)22-14-15-22)16-20-10-12-21(13-11-20)23-8-6-7-9-24(23)38(35,36)31-27-18(3)19(4)30-37-27/h6-13,17,22,25,31H,14-16H2,1-5H3,(H,29,33)/t25-/m0/s1.